The number of para-hydroxylation sites is 1. The lowest BCUT2D eigenvalue weighted by Crippen LogP contribution is -2.40. The minimum absolute atomic E-state index is 0.00176. The van der Waals surface area contributed by atoms with Crippen LogP contribution in [0.2, 0.25) is 5.02 Å². The van der Waals surface area contributed by atoms with Gasteiger partial charge in [-0.25, -0.2) is 8.42 Å². The Balaban J connectivity index is 1.69. The molecule has 1 fully saturated rings. The summed E-state index contributed by atoms with van der Waals surface area (Å²) in [5.41, 5.74) is 0.732. The van der Waals surface area contributed by atoms with Gasteiger partial charge in [0.05, 0.1) is 9.79 Å². The maximum Gasteiger partial charge on any atom is 0.242 e. The number of benzene rings is 2. The Morgan fingerprint density at radius 3 is 2.43 bits per heavy atom. The van der Waals surface area contributed by atoms with E-state index >= 15 is 0 Å². The highest BCUT2D eigenvalue weighted by Crippen LogP contribution is 2.31. The van der Waals surface area contributed by atoms with Gasteiger partial charge in [0.15, 0.2) is 0 Å². The van der Waals surface area contributed by atoms with Crippen LogP contribution in [-0.2, 0) is 21.2 Å². The lowest BCUT2D eigenvalue weighted by molar-refractivity contribution is -0.133. The van der Waals surface area contributed by atoms with Crippen molar-refractivity contribution >= 4 is 38.2 Å². The quantitative estimate of drug-likeness (QED) is 0.561. The zero-order chi connectivity index (χ0) is 21.3. The lowest BCUT2D eigenvalue weighted by Gasteiger charge is -2.31. The van der Waals surface area contributed by atoms with Gasteiger partial charge in [-0.2, -0.15) is 0 Å². The number of sulfone groups is 1. The molecule has 2 aromatic carbocycles. The second-order valence-electron chi connectivity index (χ2n) is 7.89. The molecule has 1 aromatic heterocycles. The zero-order valence-corrected chi connectivity index (χ0v) is 18.5. The number of rotatable bonds is 5. The second kappa shape index (κ2) is 8.44. The van der Waals surface area contributed by atoms with Crippen molar-refractivity contribution in [1.82, 2.24) is 9.47 Å². The molecule has 0 radical (unpaired) electrons. The predicted molar refractivity (Wildman–Crippen MR) is 118 cm³/mol. The number of hydrogen-bond acceptors (Lipinski definition) is 3. The highest BCUT2D eigenvalue weighted by molar-refractivity contribution is 7.91. The summed E-state index contributed by atoms with van der Waals surface area (Å²) >= 11 is 5.92. The summed E-state index contributed by atoms with van der Waals surface area (Å²) in [4.78, 5) is 15.2. The minimum Gasteiger partial charge on any atom is -0.341 e. The first kappa shape index (κ1) is 20.9. The van der Waals surface area contributed by atoms with E-state index in [1.165, 1.54) is 18.6 Å². The maximum atomic E-state index is 13.3. The lowest BCUT2D eigenvalue weighted by atomic mass is 9.94. The number of halogens is 1. The van der Waals surface area contributed by atoms with E-state index < -0.39 is 9.84 Å². The highest BCUT2D eigenvalue weighted by Gasteiger charge is 2.26. The molecule has 1 saturated carbocycles. The molecule has 0 atom stereocenters. The highest BCUT2D eigenvalue weighted by atomic mass is 35.5. The van der Waals surface area contributed by atoms with Crippen molar-refractivity contribution in [3.8, 4) is 0 Å². The maximum absolute atomic E-state index is 13.3. The van der Waals surface area contributed by atoms with Crippen LogP contribution in [0, 0.1) is 0 Å². The molecular weight excluding hydrogens is 420 g/mol. The number of carbonyl (C=O) groups is 1. The molecule has 0 aliphatic heterocycles. The van der Waals surface area contributed by atoms with Crippen LogP contribution in [-0.4, -0.2) is 36.9 Å². The van der Waals surface area contributed by atoms with Crippen molar-refractivity contribution in [2.45, 2.75) is 54.5 Å². The standard InChI is InChI=1S/C23H25ClN2O3S/c1-25(18-7-3-2-4-8-18)23(27)16-26-15-22(20-9-5-6-10-21(20)26)30(28,29)19-13-11-17(24)12-14-19/h5-6,9-15,18H,2-4,7-8,16H2,1H3. The molecule has 1 amide bonds. The van der Waals surface area contributed by atoms with Gasteiger partial charge in [0.1, 0.15) is 6.54 Å². The second-order valence-corrected chi connectivity index (χ2v) is 10.2. The van der Waals surface area contributed by atoms with Crippen LogP contribution < -0.4 is 0 Å². The number of hydrogen-bond donors (Lipinski definition) is 0. The summed E-state index contributed by atoms with van der Waals surface area (Å²) in [5, 5.41) is 1.09. The third-order valence-electron chi connectivity index (χ3n) is 5.99. The Morgan fingerprint density at radius 1 is 1.07 bits per heavy atom. The van der Waals surface area contributed by atoms with Crippen molar-refractivity contribution in [1.29, 1.82) is 0 Å². The van der Waals surface area contributed by atoms with Crippen LogP contribution in [0.1, 0.15) is 32.1 Å². The van der Waals surface area contributed by atoms with E-state index in [9.17, 15) is 13.2 Å². The van der Waals surface area contributed by atoms with Gasteiger partial charge in [-0.15, -0.1) is 0 Å². The molecule has 1 heterocycles. The van der Waals surface area contributed by atoms with Gasteiger partial charge in [0.2, 0.25) is 15.7 Å². The van der Waals surface area contributed by atoms with Gasteiger partial charge in [-0.05, 0) is 43.2 Å². The average Bonchev–Trinajstić information content (AvgIpc) is 3.13. The summed E-state index contributed by atoms with van der Waals surface area (Å²) < 4.78 is 28.3. The molecule has 0 saturated heterocycles. The van der Waals surface area contributed by atoms with Crippen LogP contribution in [0.3, 0.4) is 0 Å². The molecule has 0 unspecified atom stereocenters. The van der Waals surface area contributed by atoms with E-state index in [1.807, 2.05) is 30.1 Å². The molecule has 1 aliphatic carbocycles. The number of aromatic nitrogens is 1. The topological polar surface area (TPSA) is 59.4 Å². The van der Waals surface area contributed by atoms with Crippen LogP contribution in [0.25, 0.3) is 10.9 Å². The SMILES string of the molecule is CN(C(=O)Cn1cc(S(=O)(=O)c2ccc(Cl)cc2)c2ccccc21)C1CCCCC1. The summed E-state index contributed by atoms with van der Waals surface area (Å²) in [7, 11) is -1.89. The fourth-order valence-corrected chi connectivity index (χ4v) is 5.83. The fraction of sp³-hybridized carbons (Fsp3) is 0.348. The molecule has 0 spiro atoms. The molecular formula is C23H25ClN2O3S. The van der Waals surface area contributed by atoms with E-state index in [4.69, 9.17) is 11.6 Å². The van der Waals surface area contributed by atoms with E-state index in [2.05, 4.69) is 0 Å². The van der Waals surface area contributed by atoms with E-state index in [1.54, 1.807) is 29.0 Å². The first-order valence-corrected chi connectivity index (χ1v) is 12.1. The van der Waals surface area contributed by atoms with Crippen molar-refractivity contribution in [2.75, 3.05) is 7.05 Å². The van der Waals surface area contributed by atoms with E-state index in [-0.39, 0.29) is 28.3 Å². The van der Waals surface area contributed by atoms with Gasteiger partial charge in [-0.1, -0.05) is 49.1 Å². The van der Waals surface area contributed by atoms with Gasteiger partial charge in [0.25, 0.3) is 0 Å². The molecule has 30 heavy (non-hydrogen) atoms. The number of carbonyl (C=O) groups excluding carboxylic acids is 1. The summed E-state index contributed by atoms with van der Waals surface area (Å²) in [6, 6.07) is 13.7. The minimum atomic E-state index is -3.74. The van der Waals surface area contributed by atoms with Gasteiger partial charge < -0.3 is 9.47 Å². The normalized spacial score (nSPS) is 15.4. The first-order valence-electron chi connectivity index (χ1n) is 10.2. The third kappa shape index (κ3) is 3.98. The van der Waals surface area contributed by atoms with Crippen molar-refractivity contribution < 1.29 is 13.2 Å². The summed E-state index contributed by atoms with van der Waals surface area (Å²) in [6.45, 7) is 0.115. The number of likely N-dealkylation sites (N-methyl/N-ethyl adjacent to an activating group) is 1. The summed E-state index contributed by atoms with van der Waals surface area (Å²) in [6.07, 6.45) is 7.18. The molecule has 158 valence electrons. The van der Waals surface area contributed by atoms with Crippen molar-refractivity contribution in [2.24, 2.45) is 0 Å². The average molecular weight is 445 g/mol. The molecule has 1 aliphatic rings. The first-order chi connectivity index (χ1) is 14.4. The smallest absolute Gasteiger partial charge is 0.242 e. The molecule has 5 nitrogen and oxygen atoms in total. The summed E-state index contributed by atoms with van der Waals surface area (Å²) in [5.74, 6) is -0.00176. The molecule has 3 aromatic rings. The third-order valence-corrected chi connectivity index (χ3v) is 8.04. The Hall–Kier alpha value is -2.31. The number of fused-ring (bicyclic) bond motifs is 1. The van der Waals surface area contributed by atoms with Crippen molar-refractivity contribution in [3.05, 3.63) is 59.8 Å². The van der Waals surface area contributed by atoms with E-state index in [0.29, 0.717) is 10.4 Å². The zero-order valence-electron chi connectivity index (χ0n) is 16.9. The molecule has 7 heteroatoms. The van der Waals surface area contributed by atoms with Gasteiger partial charge >= 0.3 is 0 Å². The van der Waals surface area contributed by atoms with Crippen molar-refractivity contribution in [3.63, 3.8) is 0 Å². The van der Waals surface area contributed by atoms with Crippen LogP contribution in [0.15, 0.2) is 64.5 Å². The Labute approximate surface area is 182 Å². The van der Waals surface area contributed by atoms with E-state index in [0.717, 1.165) is 31.2 Å². The fourth-order valence-electron chi connectivity index (χ4n) is 4.23. The molecule has 0 bridgehead atoms. The monoisotopic (exact) mass is 444 g/mol. The number of nitrogens with zero attached hydrogens (tertiary/aromatic N) is 2. The Kier molecular flexibility index (Phi) is 5.89. The Bertz CT molecular complexity index is 1160. The largest absolute Gasteiger partial charge is 0.341 e. The van der Waals surface area contributed by atoms with Crippen LogP contribution in [0.4, 0.5) is 0 Å². The molecule has 0 N–H and O–H groups in total. The molecule has 4 rings (SSSR count). The Morgan fingerprint density at radius 2 is 1.73 bits per heavy atom. The van der Waals surface area contributed by atoms with Crippen LogP contribution in [0.5, 0.6) is 0 Å². The van der Waals surface area contributed by atoms with Crippen LogP contribution >= 0.6 is 11.6 Å². The predicted octanol–water partition coefficient (Wildman–Crippen LogP) is 4.92. The van der Waals surface area contributed by atoms with Gasteiger partial charge in [0, 0.05) is 35.2 Å². The number of amides is 1. The van der Waals surface area contributed by atoms with Gasteiger partial charge in [-0.3, -0.25) is 4.79 Å².